The standard InChI is InChI=1S/C4H9NO2.Pt/c1-3(5)7-4(2)6;/h3H,5H2,1-2H3;. The maximum absolute atomic E-state index is 9.95. The fraction of sp³-hybridized carbons (Fsp3) is 0.750. The maximum atomic E-state index is 9.95. The summed E-state index contributed by atoms with van der Waals surface area (Å²) in [6.45, 7) is 2.92. The molecule has 3 nitrogen and oxygen atoms in total. The first kappa shape index (κ1) is 11.0. The minimum absolute atomic E-state index is 0. The number of rotatable bonds is 1. The predicted octanol–water partition coefficient (Wildman–Crippen LogP) is -0.148. The predicted molar refractivity (Wildman–Crippen MR) is 25.4 cm³/mol. The third-order valence-electron chi connectivity index (χ3n) is 0.352. The number of ether oxygens (including phenoxy) is 1. The van der Waals surface area contributed by atoms with E-state index in [1.54, 1.807) is 6.92 Å². The fourth-order valence-electron chi connectivity index (χ4n) is 0.262. The molecular weight excluding hydrogens is 289 g/mol. The van der Waals surface area contributed by atoms with Gasteiger partial charge in [0.05, 0.1) is 0 Å². The molecule has 0 aliphatic carbocycles. The number of esters is 1. The molecule has 0 heterocycles. The number of hydrogen-bond acceptors (Lipinski definition) is 3. The van der Waals surface area contributed by atoms with Crippen molar-refractivity contribution in [1.82, 2.24) is 0 Å². The zero-order chi connectivity index (χ0) is 5.86. The van der Waals surface area contributed by atoms with Gasteiger partial charge in [-0.05, 0) is 6.92 Å². The van der Waals surface area contributed by atoms with E-state index in [0.717, 1.165) is 0 Å². The Labute approximate surface area is 62.8 Å². The summed E-state index contributed by atoms with van der Waals surface area (Å²) < 4.78 is 4.39. The van der Waals surface area contributed by atoms with Gasteiger partial charge in [0.15, 0.2) is 0 Å². The first-order chi connectivity index (χ1) is 3.13. The van der Waals surface area contributed by atoms with Gasteiger partial charge in [-0.3, -0.25) is 10.5 Å². The van der Waals surface area contributed by atoms with E-state index in [2.05, 4.69) is 4.74 Å². The van der Waals surface area contributed by atoms with Crippen molar-refractivity contribution in [2.75, 3.05) is 0 Å². The number of nitrogens with two attached hydrogens (primary N) is 1. The molecule has 52 valence electrons. The van der Waals surface area contributed by atoms with E-state index >= 15 is 0 Å². The largest absolute Gasteiger partial charge is 0.447 e. The molecule has 0 aromatic carbocycles. The monoisotopic (exact) mass is 298 g/mol. The molecule has 0 fully saturated rings. The normalized spacial score (nSPS) is 11.4. The topological polar surface area (TPSA) is 52.3 Å². The molecule has 0 aromatic heterocycles. The summed E-state index contributed by atoms with van der Waals surface area (Å²) in [5.41, 5.74) is 5.05. The molecule has 2 N–H and O–H groups in total. The van der Waals surface area contributed by atoms with E-state index in [-0.39, 0.29) is 27.0 Å². The molecule has 0 aromatic rings. The summed E-state index contributed by atoms with van der Waals surface area (Å²) in [5, 5.41) is 0. The fourth-order valence-corrected chi connectivity index (χ4v) is 0.262. The summed E-state index contributed by atoms with van der Waals surface area (Å²) in [6.07, 6.45) is -0.475. The molecule has 0 bridgehead atoms. The molecule has 0 radical (unpaired) electrons. The van der Waals surface area contributed by atoms with Crippen molar-refractivity contribution >= 4 is 5.97 Å². The number of carbonyl (C=O) groups is 1. The molecule has 0 spiro atoms. The Bertz CT molecular complexity index is 74.4. The van der Waals surface area contributed by atoms with Crippen LogP contribution in [0.15, 0.2) is 0 Å². The molecule has 0 saturated carbocycles. The van der Waals surface area contributed by atoms with Crippen LogP contribution in [-0.2, 0) is 30.6 Å². The summed E-state index contributed by atoms with van der Waals surface area (Å²) in [6, 6.07) is 0. The van der Waals surface area contributed by atoms with Crippen molar-refractivity contribution in [1.29, 1.82) is 0 Å². The van der Waals surface area contributed by atoms with Gasteiger partial charge < -0.3 is 4.74 Å². The van der Waals surface area contributed by atoms with E-state index in [9.17, 15) is 4.79 Å². The average Bonchev–Trinajstić information content (AvgIpc) is 1.27. The summed E-state index contributed by atoms with van der Waals surface area (Å²) in [4.78, 5) is 9.95. The molecule has 0 rings (SSSR count). The Morgan fingerprint density at radius 1 is 1.75 bits per heavy atom. The second kappa shape index (κ2) is 5.26. The smallest absolute Gasteiger partial charge is 0.304 e. The second-order valence-electron chi connectivity index (χ2n) is 1.31. The van der Waals surface area contributed by atoms with Crippen LogP contribution in [0.3, 0.4) is 0 Å². The summed E-state index contributed by atoms with van der Waals surface area (Å²) >= 11 is 0. The van der Waals surface area contributed by atoms with Gasteiger partial charge in [-0.25, -0.2) is 0 Å². The number of hydrogen-bond donors (Lipinski definition) is 1. The Morgan fingerprint density at radius 2 is 2.12 bits per heavy atom. The van der Waals surface area contributed by atoms with Crippen LogP contribution in [0.25, 0.3) is 0 Å². The molecule has 0 saturated heterocycles. The molecular formula is C4H9NO2Pt. The van der Waals surface area contributed by atoms with Crippen LogP contribution < -0.4 is 5.73 Å². The van der Waals surface area contributed by atoms with E-state index in [1.807, 2.05) is 0 Å². The Balaban J connectivity index is 0. The Morgan fingerprint density at radius 3 is 2.12 bits per heavy atom. The Kier molecular flexibility index (Phi) is 7.22. The van der Waals surface area contributed by atoms with Gasteiger partial charge in [0.25, 0.3) is 0 Å². The molecule has 1 unspecified atom stereocenters. The first-order valence-corrected chi connectivity index (χ1v) is 2.05. The van der Waals surface area contributed by atoms with Crippen LogP contribution in [-0.4, -0.2) is 12.2 Å². The molecule has 8 heavy (non-hydrogen) atoms. The Hall–Kier alpha value is 0.118. The van der Waals surface area contributed by atoms with E-state index in [4.69, 9.17) is 5.73 Å². The molecule has 1 atom stereocenters. The molecule has 0 amide bonds. The van der Waals surface area contributed by atoms with Crippen molar-refractivity contribution in [3.63, 3.8) is 0 Å². The van der Waals surface area contributed by atoms with Crippen molar-refractivity contribution in [2.45, 2.75) is 20.1 Å². The van der Waals surface area contributed by atoms with Gasteiger partial charge >= 0.3 is 5.97 Å². The molecule has 0 aliphatic rings. The van der Waals surface area contributed by atoms with Gasteiger partial charge in [0, 0.05) is 28.0 Å². The quantitative estimate of drug-likeness (QED) is 0.541. The van der Waals surface area contributed by atoms with Gasteiger partial charge in [-0.1, -0.05) is 0 Å². The van der Waals surface area contributed by atoms with Crippen LogP contribution >= 0.6 is 0 Å². The third kappa shape index (κ3) is 9.45. The molecule has 4 heteroatoms. The SMILES string of the molecule is CC(=O)OC(C)N.[Pt]. The third-order valence-corrected chi connectivity index (χ3v) is 0.352. The first-order valence-electron chi connectivity index (χ1n) is 2.05. The zero-order valence-electron chi connectivity index (χ0n) is 4.79. The van der Waals surface area contributed by atoms with E-state index in [0.29, 0.717) is 0 Å². The van der Waals surface area contributed by atoms with Crippen LogP contribution in [0, 0.1) is 0 Å². The molecule has 0 aliphatic heterocycles. The minimum atomic E-state index is -0.475. The average molecular weight is 298 g/mol. The van der Waals surface area contributed by atoms with Crippen LogP contribution in [0.2, 0.25) is 0 Å². The minimum Gasteiger partial charge on any atom is -0.447 e. The van der Waals surface area contributed by atoms with Gasteiger partial charge in [0.2, 0.25) is 0 Å². The second-order valence-corrected chi connectivity index (χ2v) is 1.31. The zero-order valence-corrected chi connectivity index (χ0v) is 7.06. The van der Waals surface area contributed by atoms with Crippen molar-refractivity contribution in [3.8, 4) is 0 Å². The van der Waals surface area contributed by atoms with Crippen molar-refractivity contribution in [3.05, 3.63) is 0 Å². The van der Waals surface area contributed by atoms with Crippen LogP contribution in [0.1, 0.15) is 13.8 Å². The van der Waals surface area contributed by atoms with Gasteiger partial charge in [-0.15, -0.1) is 0 Å². The van der Waals surface area contributed by atoms with Gasteiger partial charge in [-0.2, -0.15) is 0 Å². The van der Waals surface area contributed by atoms with E-state index in [1.165, 1.54) is 6.92 Å². The summed E-state index contributed by atoms with van der Waals surface area (Å²) in [7, 11) is 0. The van der Waals surface area contributed by atoms with Crippen molar-refractivity contribution in [2.24, 2.45) is 5.73 Å². The van der Waals surface area contributed by atoms with E-state index < -0.39 is 6.23 Å². The maximum Gasteiger partial charge on any atom is 0.304 e. The van der Waals surface area contributed by atoms with Crippen molar-refractivity contribution < 1.29 is 30.6 Å². The van der Waals surface area contributed by atoms with Gasteiger partial charge in [0.1, 0.15) is 6.23 Å². The number of carbonyl (C=O) groups excluding carboxylic acids is 1. The van der Waals surface area contributed by atoms with Crippen LogP contribution in [0.4, 0.5) is 0 Å². The van der Waals surface area contributed by atoms with Crippen LogP contribution in [0.5, 0.6) is 0 Å². The summed E-state index contributed by atoms with van der Waals surface area (Å²) in [5.74, 6) is -0.338.